The van der Waals surface area contributed by atoms with Crippen molar-refractivity contribution in [2.45, 2.75) is 38.7 Å². The second-order valence-corrected chi connectivity index (χ2v) is 6.36. The predicted molar refractivity (Wildman–Crippen MR) is 86.5 cm³/mol. The van der Waals surface area contributed by atoms with Crippen molar-refractivity contribution in [3.8, 4) is 0 Å². The quantitative estimate of drug-likeness (QED) is 0.849. The first kappa shape index (κ1) is 18.7. The number of aromatic nitrogens is 2. The van der Waals surface area contributed by atoms with Gasteiger partial charge in [0, 0.05) is 23.7 Å². The van der Waals surface area contributed by atoms with Crippen molar-refractivity contribution >= 4 is 12.1 Å². The van der Waals surface area contributed by atoms with Gasteiger partial charge in [-0.05, 0) is 18.6 Å². The predicted octanol–water partition coefficient (Wildman–Crippen LogP) is 3.07. The molecule has 0 saturated heterocycles. The van der Waals surface area contributed by atoms with Gasteiger partial charge in [0.2, 0.25) is 0 Å². The van der Waals surface area contributed by atoms with Crippen molar-refractivity contribution in [3.63, 3.8) is 0 Å². The molecule has 0 bridgehead atoms. The lowest BCUT2D eigenvalue weighted by atomic mass is 9.99. The van der Waals surface area contributed by atoms with Crippen LogP contribution in [0.15, 0.2) is 24.3 Å². The number of carboxylic acids is 1. The molecule has 1 amide bonds. The minimum atomic E-state index is -4.55. The Labute approximate surface area is 151 Å². The molecule has 2 heterocycles. The number of carboxylic acid groups (broad SMARTS) is 2. The SMILES string of the molecule is C[C@@H]1Cc2c(c(C(=O)O)nn2Cc2ccccc2C(F)(F)F)CN1C(=O)O. The van der Waals surface area contributed by atoms with E-state index in [2.05, 4.69) is 5.10 Å². The molecule has 0 unspecified atom stereocenters. The first-order valence-electron chi connectivity index (χ1n) is 8.06. The number of alkyl halides is 3. The molecular weight excluding hydrogens is 367 g/mol. The second-order valence-electron chi connectivity index (χ2n) is 6.36. The van der Waals surface area contributed by atoms with Gasteiger partial charge in [0.15, 0.2) is 5.69 Å². The Morgan fingerprint density at radius 2 is 1.93 bits per heavy atom. The number of hydrogen-bond donors (Lipinski definition) is 2. The number of carbonyl (C=O) groups is 2. The third-order valence-electron chi connectivity index (χ3n) is 4.61. The number of nitrogens with zero attached hydrogens (tertiary/aromatic N) is 3. The summed E-state index contributed by atoms with van der Waals surface area (Å²) < 4.78 is 40.9. The molecule has 0 radical (unpaired) electrons. The molecule has 2 N–H and O–H groups in total. The highest BCUT2D eigenvalue weighted by molar-refractivity contribution is 5.87. The average Bonchev–Trinajstić information content (AvgIpc) is 2.91. The van der Waals surface area contributed by atoms with E-state index in [1.165, 1.54) is 22.9 Å². The van der Waals surface area contributed by atoms with Crippen LogP contribution in [-0.2, 0) is 25.7 Å². The van der Waals surface area contributed by atoms with Crippen molar-refractivity contribution in [3.05, 3.63) is 52.3 Å². The molecule has 0 spiro atoms. The molecule has 1 aliphatic rings. The van der Waals surface area contributed by atoms with Crippen LogP contribution in [0.1, 0.15) is 39.8 Å². The summed E-state index contributed by atoms with van der Waals surface area (Å²) in [5.41, 5.74) is -0.544. The zero-order valence-electron chi connectivity index (χ0n) is 14.2. The van der Waals surface area contributed by atoms with E-state index < -0.39 is 29.8 Å². The monoisotopic (exact) mass is 383 g/mol. The summed E-state index contributed by atoms with van der Waals surface area (Å²) in [6.45, 7) is 1.22. The minimum Gasteiger partial charge on any atom is -0.476 e. The molecule has 1 aliphatic heterocycles. The number of halogens is 3. The van der Waals surface area contributed by atoms with Crippen molar-refractivity contribution in [2.75, 3.05) is 0 Å². The molecule has 7 nitrogen and oxygen atoms in total. The molecule has 1 atom stereocenters. The van der Waals surface area contributed by atoms with Gasteiger partial charge in [-0.25, -0.2) is 9.59 Å². The highest BCUT2D eigenvalue weighted by Gasteiger charge is 2.36. The standard InChI is InChI=1S/C17H16F3N3O4/c1-9-6-13-11(8-22(9)16(26)27)14(15(24)25)21-23(13)7-10-4-2-3-5-12(10)17(18,19)20/h2-5,9H,6-8H2,1H3,(H,24,25)(H,26,27)/t9-/m1/s1. The molecule has 0 saturated carbocycles. The Balaban J connectivity index is 2.06. The van der Waals surface area contributed by atoms with Crippen molar-refractivity contribution in [1.82, 2.24) is 14.7 Å². The van der Waals surface area contributed by atoms with Gasteiger partial charge in [-0.3, -0.25) is 4.68 Å². The summed E-state index contributed by atoms with van der Waals surface area (Å²) in [4.78, 5) is 23.9. The number of rotatable bonds is 3. The largest absolute Gasteiger partial charge is 0.476 e. The molecule has 1 aromatic heterocycles. The molecule has 10 heteroatoms. The zero-order chi connectivity index (χ0) is 19.9. The van der Waals surface area contributed by atoms with Crippen LogP contribution in [0.2, 0.25) is 0 Å². The Bertz CT molecular complexity index is 907. The second kappa shape index (κ2) is 6.60. The maximum absolute atomic E-state index is 13.2. The summed E-state index contributed by atoms with van der Waals surface area (Å²) in [7, 11) is 0. The molecular formula is C17H16F3N3O4. The number of benzene rings is 1. The van der Waals surface area contributed by atoms with Gasteiger partial charge in [0.05, 0.1) is 18.7 Å². The van der Waals surface area contributed by atoms with Crippen molar-refractivity contribution < 1.29 is 33.0 Å². The Kier molecular flexibility index (Phi) is 4.58. The molecule has 3 rings (SSSR count). The minimum absolute atomic E-state index is 0.0412. The summed E-state index contributed by atoms with van der Waals surface area (Å²) in [6.07, 6.45) is -5.58. The highest BCUT2D eigenvalue weighted by Crippen LogP contribution is 2.33. The van der Waals surface area contributed by atoms with Crippen LogP contribution in [0.5, 0.6) is 0 Å². The van der Waals surface area contributed by atoms with Gasteiger partial charge in [-0.1, -0.05) is 18.2 Å². The molecule has 2 aromatic rings. The maximum atomic E-state index is 13.2. The van der Waals surface area contributed by atoms with E-state index in [0.717, 1.165) is 11.0 Å². The zero-order valence-corrected chi connectivity index (χ0v) is 14.2. The summed E-state index contributed by atoms with van der Waals surface area (Å²) in [5, 5.41) is 22.6. The van der Waals surface area contributed by atoms with Gasteiger partial charge in [-0.2, -0.15) is 18.3 Å². The smallest absolute Gasteiger partial charge is 0.416 e. The average molecular weight is 383 g/mol. The molecule has 0 fully saturated rings. The van der Waals surface area contributed by atoms with Crippen LogP contribution >= 0.6 is 0 Å². The number of amides is 1. The van der Waals surface area contributed by atoms with Gasteiger partial charge in [0.1, 0.15) is 0 Å². The van der Waals surface area contributed by atoms with E-state index in [4.69, 9.17) is 0 Å². The molecule has 144 valence electrons. The van der Waals surface area contributed by atoms with Crippen LogP contribution in [0.25, 0.3) is 0 Å². The fourth-order valence-electron chi connectivity index (χ4n) is 3.30. The first-order valence-corrected chi connectivity index (χ1v) is 8.06. The van der Waals surface area contributed by atoms with E-state index in [-0.39, 0.29) is 36.3 Å². The Hall–Kier alpha value is -3.04. The topological polar surface area (TPSA) is 95.7 Å². The third-order valence-corrected chi connectivity index (χ3v) is 4.61. The fraction of sp³-hybridized carbons (Fsp3) is 0.353. The summed E-state index contributed by atoms with van der Waals surface area (Å²) in [6, 6.07) is 4.56. The van der Waals surface area contributed by atoms with E-state index in [1.807, 2.05) is 0 Å². The van der Waals surface area contributed by atoms with E-state index in [9.17, 15) is 33.0 Å². The number of fused-ring (bicyclic) bond motifs is 1. The first-order chi connectivity index (χ1) is 12.6. The Morgan fingerprint density at radius 3 is 2.52 bits per heavy atom. The molecule has 27 heavy (non-hydrogen) atoms. The normalized spacial score (nSPS) is 16.9. The van der Waals surface area contributed by atoms with Crippen LogP contribution in [0.4, 0.5) is 18.0 Å². The molecule has 1 aromatic carbocycles. The van der Waals surface area contributed by atoms with Crippen LogP contribution in [-0.4, -0.2) is 43.0 Å². The lowest BCUT2D eigenvalue weighted by Gasteiger charge is -2.31. The van der Waals surface area contributed by atoms with E-state index >= 15 is 0 Å². The maximum Gasteiger partial charge on any atom is 0.416 e. The van der Waals surface area contributed by atoms with E-state index in [0.29, 0.717) is 5.69 Å². The van der Waals surface area contributed by atoms with Gasteiger partial charge in [0.25, 0.3) is 0 Å². The lowest BCUT2D eigenvalue weighted by molar-refractivity contribution is -0.138. The lowest BCUT2D eigenvalue weighted by Crippen LogP contribution is -2.42. The summed E-state index contributed by atoms with van der Waals surface area (Å²) >= 11 is 0. The summed E-state index contributed by atoms with van der Waals surface area (Å²) in [5.74, 6) is -1.35. The van der Waals surface area contributed by atoms with Crippen LogP contribution < -0.4 is 0 Å². The van der Waals surface area contributed by atoms with Crippen LogP contribution in [0, 0.1) is 0 Å². The van der Waals surface area contributed by atoms with Gasteiger partial charge in [-0.15, -0.1) is 0 Å². The van der Waals surface area contributed by atoms with Crippen LogP contribution in [0.3, 0.4) is 0 Å². The fourth-order valence-corrected chi connectivity index (χ4v) is 3.30. The molecule has 0 aliphatic carbocycles. The van der Waals surface area contributed by atoms with Gasteiger partial charge >= 0.3 is 18.2 Å². The Morgan fingerprint density at radius 1 is 1.26 bits per heavy atom. The number of hydrogen-bond acceptors (Lipinski definition) is 3. The van der Waals surface area contributed by atoms with Crippen molar-refractivity contribution in [2.24, 2.45) is 0 Å². The van der Waals surface area contributed by atoms with E-state index in [1.54, 1.807) is 6.92 Å². The number of aromatic carboxylic acids is 1. The third kappa shape index (κ3) is 3.46. The van der Waals surface area contributed by atoms with Gasteiger partial charge < -0.3 is 15.1 Å². The highest BCUT2D eigenvalue weighted by atomic mass is 19.4. The van der Waals surface area contributed by atoms with Crippen molar-refractivity contribution in [1.29, 1.82) is 0 Å².